The lowest BCUT2D eigenvalue weighted by Crippen LogP contribution is -2.25. The van der Waals surface area contributed by atoms with E-state index < -0.39 is 26.1 Å². The summed E-state index contributed by atoms with van der Waals surface area (Å²) in [5.41, 5.74) is 8.57. The van der Waals surface area contributed by atoms with Gasteiger partial charge in [0.15, 0.2) is 0 Å². The summed E-state index contributed by atoms with van der Waals surface area (Å²) in [6, 6.07) is 25.2. The Bertz CT molecular complexity index is 1070. The maximum atomic E-state index is 13.2. The SMILES string of the molecule is Cc1ccc(S(=O)(=O)/N=C(\N)CS(=O)C(c2ccccc2)c2ccccc2)cc1. The van der Waals surface area contributed by atoms with Crippen LogP contribution in [0.4, 0.5) is 0 Å². The molecule has 3 aromatic rings. The van der Waals surface area contributed by atoms with Crippen LogP contribution in [0.15, 0.2) is 94.2 Å². The van der Waals surface area contributed by atoms with Gasteiger partial charge in [0.1, 0.15) is 5.84 Å². The highest BCUT2D eigenvalue weighted by atomic mass is 32.2. The number of aryl methyl sites for hydroxylation is 1. The van der Waals surface area contributed by atoms with Crippen LogP contribution in [0.25, 0.3) is 0 Å². The fraction of sp³-hybridized carbons (Fsp3) is 0.136. The topological polar surface area (TPSA) is 89.6 Å². The zero-order chi connectivity index (χ0) is 20.9. The molecule has 0 aliphatic rings. The Hall–Kier alpha value is -2.77. The minimum atomic E-state index is -3.95. The second kappa shape index (κ2) is 9.15. The number of amidine groups is 1. The van der Waals surface area contributed by atoms with Crippen molar-refractivity contribution in [3.63, 3.8) is 0 Å². The van der Waals surface area contributed by atoms with Gasteiger partial charge in [-0.2, -0.15) is 8.42 Å². The second-order valence-electron chi connectivity index (χ2n) is 6.60. The predicted octanol–water partition coefficient (Wildman–Crippen LogP) is 3.58. The molecule has 0 radical (unpaired) electrons. The van der Waals surface area contributed by atoms with Crippen molar-refractivity contribution >= 4 is 26.7 Å². The number of hydrogen-bond donors (Lipinski definition) is 1. The second-order valence-corrected chi connectivity index (χ2v) is 9.72. The summed E-state index contributed by atoms with van der Waals surface area (Å²) < 4.78 is 41.8. The smallest absolute Gasteiger partial charge is 0.283 e. The van der Waals surface area contributed by atoms with E-state index in [9.17, 15) is 12.6 Å². The summed E-state index contributed by atoms with van der Waals surface area (Å²) in [4.78, 5) is 0.0551. The van der Waals surface area contributed by atoms with Crippen LogP contribution < -0.4 is 5.73 Å². The van der Waals surface area contributed by atoms with Crippen molar-refractivity contribution in [2.24, 2.45) is 10.1 Å². The predicted molar refractivity (Wildman–Crippen MR) is 118 cm³/mol. The van der Waals surface area contributed by atoms with E-state index in [4.69, 9.17) is 5.73 Å². The van der Waals surface area contributed by atoms with E-state index in [1.807, 2.05) is 67.6 Å². The van der Waals surface area contributed by atoms with Crippen molar-refractivity contribution in [3.8, 4) is 0 Å². The first kappa shape index (κ1) is 21.0. The first-order chi connectivity index (χ1) is 13.9. The Labute approximate surface area is 173 Å². The third-order valence-electron chi connectivity index (χ3n) is 4.31. The molecule has 0 saturated carbocycles. The number of hydrogen-bond acceptors (Lipinski definition) is 3. The van der Waals surface area contributed by atoms with E-state index in [2.05, 4.69) is 4.40 Å². The lowest BCUT2D eigenvalue weighted by molar-refractivity contribution is 0.598. The van der Waals surface area contributed by atoms with E-state index >= 15 is 0 Å². The number of sulfonamides is 1. The average molecular weight is 427 g/mol. The van der Waals surface area contributed by atoms with Gasteiger partial charge in [-0.05, 0) is 30.2 Å². The third-order valence-corrected chi connectivity index (χ3v) is 7.31. The Morgan fingerprint density at radius 2 is 1.38 bits per heavy atom. The van der Waals surface area contributed by atoms with Gasteiger partial charge in [-0.3, -0.25) is 4.21 Å². The monoisotopic (exact) mass is 426 g/mol. The van der Waals surface area contributed by atoms with Crippen LogP contribution >= 0.6 is 0 Å². The molecule has 0 bridgehead atoms. The molecule has 0 amide bonds. The molecule has 0 spiro atoms. The first-order valence-electron chi connectivity index (χ1n) is 9.00. The molecule has 0 aliphatic carbocycles. The molecule has 1 unspecified atom stereocenters. The van der Waals surface area contributed by atoms with Crippen LogP contribution in [-0.4, -0.2) is 24.2 Å². The van der Waals surface area contributed by atoms with Gasteiger partial charge in [-0.1, -0.05) is 78.4 Å². The number of rotatable bonds is 7. The Morgan fingerprint density at radius 1 is 0.897 bits per heavy atom. The Morgan fingerprint density at radius 3 is 1.86 bits per heavy atom. The lowest BCUT2D eigenvalue weighted by atomic mass is 10.0. The number of nitrogens with zero attached hydrogens (tertiary/aromatic N) is 1. The Balaban J connectivity index is 1.87. The van der Waals surface area contributed by atoms with Crippen LogP contribution in [0.3, 0.4) is 0 Å². The molecule has 0 fully saturated rings. The van der Waals surface area contributed by atoms with Crippen molar-refractivity contribution in [2.45, 2.75) is 17.1 Å². The molecule has 2 N–H and O–H groups in total. The van der Waals surface area contributed by atoms with Crippen molar-refractivity contribution in [1.82, 2.24) is 0 Å². The maximum Gasteiger partial charge on any atom is 0.283 e. The first-order valence-corrected chi connectivity index (χ1v) is 11.8. The normalized spacial score (nSPS) is 13.4. The molecule has 5 nitrogen and oxygen atoms in total. The molecule has 7 heteroatoms. The van der Waals surface area contributed by atoms with Gasteiger partial charge in [0.05, 0.1) is 15.9 Å². The molecule has 150 valence electrons. The maximum absolute atomic E-state index is 13.2. The van der Waals surface area contributed by atoms with Gasteiger partial charge < -0.3 is 5.73 Å². The minimum absolute atomic E-state index is 0.0551. The fourth-order valence-electron chi connectivity index (χ4n) is 2.92. The number of benzene rings is 3. The third kappa shape index (κ3) is 5.40. The lowest BCUT2D eigenvalue weighted by Gasteiger charge is -2.17. The van der Waals surface area contributed by atoms with Crippen LogP contribution in [0.1, 0.15) is 21.9 Å². The number of nitrogens with two attached hydrogens (primary N) is 1. The summed E-state index contributed by atoms with van der Waals surface area (Å²) in [5, 5.41) is -0.437. The largest absolute Gasteiger partial charge is 0.386 e. The summed E-state index contributed by atoms with van der Waals surface area (Å²) >= 11 is 0. The molecule has 29 heavy (non-hydrogen) atoms. The molecule has 0 aromatic heterocycles. The molecule has 0 aliphatic heterocycles. The van der Waals surface area contributed by atoms with Crippen molar-refractivity contribution in [2.75, 3.05) is 5.75 Å². The fourth-order valence-corrected chi connectivity index (χ4v) is 5.41. The zero-order valence-corrected chi connectivity index (χ0v) is 17.6. The van der Waals surface area contributed by atoms with E-state index in [-0.39, 0.29) is 16.5 Å². The highest BCUT2D eigenvalue weighted by molar-refractivity contribution is 7.90. The van der Waals surface area contributed by atoms with Crippen molar-refractivity contribution in [3.05, 3.63) is 102 Å². The highest BCUT2D eigenvalue weighted by Crippen LogP contribution is 2.28. The van der Waals surface area contributed by atoms with E-state index in [1.54, 1.807) is 12.1 Å². The molecule has 3 aromatic carbocycles. The van der Waals surface area contributed by atoms with Gasteiger partial charge in [0, 0.05) is 10.8 Å². The highest BCUT2D eigenvalue weighted by Gasteiger charge is 2.23. The van der Waals surface area contributed by atoms with E-state index in [0.29, 0.717) is 0 Å². The van der Waals surface area contributed by atoms with Gasteiger partial charge in [-0.15, -0.1) is 4.40 Å². The summed E-state index contributed by atoms with van der Waals surface area (Å²) in [7, 11) is -5.45. The van der Waals surface area contributed by atoms with Crippen molar-refractivity contribution < 1.29 is 12.6 Å². The van der Waals surface area contributed by atoms with Gasteiger partial charge in [-0.25, -0.2) is 0 Å². The zero-order valence-electron chi connectivity index (χ0n) is 15.9. The summed E-state index contributed by atoms with van der Waals surface area (Å²) in [6.07, 6.45) is 0. The Kier molecular flexibility index (Phi) is 6.61. The molecule has 0 saturated heterocycles. The molecule has 0 heterocycles. The summed E-state index contributed by atoms with van der Waals surface area (Å²) in [6.45, 7) is 1.87. The standard InChI is InChI=1S/C22H22N2O3S2/c1-17-12-14-20(15-13-17)29(26,27)24-21(23)16-28(25)22(18-8-4-2-5-9-18)19-10-6-3-7-11-19/h2-15,22H,16H2,1H3,(H2,23,24). The quantitative estimate of drug-likeness (QED) is 0.462. The van der Waals surface area contributed by atoms with Crippen LogP contribution in [0, 0.1) is 6.92 Å². The van der Waals surface area contributed by atoms with Crippen LogP contribution in [0.2, 0.25) is 0 Å². The van der Waals surface area contributed by atoms with Gasteiger partial charge in [0.2, 0.25) is 0 Å². The van der Waals surface area contributed by atoms with Crippen LogP contribution in [-0.2, 0) is 20.8 Å². The summed E-state index contributed by atoms with van der Waals surface area (Å²) in [5.74, 6) is -0.333. The molecular formula is C22H22N2O3S2. The van der Waals surface area contributed by atoms with Gasteiger partial charge >= 0.3 is 0 Å². The molecule has 3 rings (SSSR count). The molecular weight excluding hydrogens is 404 g/mol. The molecule has 1 atom stereocenters. The van der Waals surface area contributed by atoms with E-state index in [1.165, 1.54) is 12.1 Å². The van der Waals surface area contributed by atoms with E-state index in [0.717, 1.165) is 16.7 Å². The van der Waals surface area contributed by atoms with Gasteiger partial charge in [0.25, 0.3) is 10.0 Å². The van der Waals surface area contributed by atoms with Crippen LogP contribution in [0.5, 0.6) is 0 Å². The average Bonchev–Trinajstić information content (AvgIpc) is 2.69. The van der Waals surface area contributed by atoms with Crippen molar-refractivity contribution in [1.29, 1.82) is 0 Å². The minimum Gasteiger partial charge on any atom is -0.386 e.